The van der Waals surface area contributed by atoms with Crippen LogP contribution in [0.4, 0.5) is 14.5 Å². The highest BCUT2D eigenvalue weighted by Gasteiger charge is 2.31. The van der Waals surface area contributed by atoms with E-state index < -0.39 is 27.9 Å². The van der Waals surface area contributed by atoms with Crippen LogP contribution >= 0.6 is 0 Å². The Morgan fingerprint density at radius 3 is 2.38 bits per heavy atom. The molecule has 0 aliphatic rings. The van der Waals surface area contributed by atoms with Gasteiger partial charge in [0.1, 0.15) is 23.0 Å². The van der Waals surface area contributed by atoms with Crippen molar-refractivity contribution in [3.63, 3.8) is 0 Å². The van der Waals surface area contributed by atoms with Gasteiger partial charge in [-0.25, -0.2) is 13.8 Å². The third-order valence-electron chi connectivity index (χ3n) is 7.47. The fourth-order valence-corrected chi connectivity index (χ4v) is 5.59. The van der Waals surface area contributed by atoms with Crippen LogP contribution in [0, 0.1) is 11.6 Å². The molecule has 6 aromatic rings. The average Bonchev–Trinajstić information content (AvgIpc) is 3.40. The molecule has 3 aromatic carbocycles. The molecule has 6 rings (SSSR count). The van der Waals surface area contributed by atoms with Crippen LogP contribution in [0.1, 0.15) is 16.1 Å². The molecule has 13 heteroatoms. The van der Waals surface area contributed by atoms with Gasteiger partial charge in [-0.2, -0.15) is 8.86 Å². The summed E-state index contributed by atoms with van der Waals surface area (Å²) in [5.74, 6) is -1.22. The predicted octanol–water partition coefficient (Wildman–Crippen LogP) is 5.51. The highest BCUT2D eigenvalue weighted by atomic mass is 32.3. The summed E-state index contributed by atoms with van der Waals surface area (Å²) in [5.41, 5.74) is 2.61. The van der Waals surface area contributed by atoms with E-state index in [0.717, 1.165) is 12.5 Å². The number of anilines is 1. The first-order valence-electron chi connectivity index (χ1n) is 13.6. The molecule has 0 aliphatic carbocycles. The summed E-state index contributed by atoms with van der Waals surface area (Å²) in [4.78, 5) is 35.2. The van der Waals surface area contributed by atoms with E-state index in [9.17, 15) is 27.1 Å². The van der Waals surface area contributed by atoms with E-state index in [1.54, 1.807) is 30.3 Å². The SMILES string of the molecule is CNC(=O)c1c(-c2ccc(F)cc2)oc2cc(N(C)[S+](C)(=O)O)c(-c3ccc4ncn(Cc5ccc(F)cn5)c(=O)c4c3)cc12. The highest BCUT2D eigenvalue weighted by Crippen LogP contribution is 2.42. The van der Waals surface area contributed by atoms with Gasteiger partial charge in [-0.3, -0.25) is 19.1 Å². The number of nitrogens with one attached hydrogen (secondary N) is 1. The normalized spacial score (nSPS) is 12.8. The minimum atomic E-state index is -3.52. The number of carbonyl (C=O) groups excluding carboxylic acids is 1. The van der Waals surface area contributed by atoms with Crippen molar-refractivity contribution in [1.29, 1.82) is 0 Å². The molecular weight excluding hydrogens is 604 g/mol. The fourth-order valence-electron chi connectivity index (χ4n) is 5.08. The van der Waals surface area contributed by atoms with E-state index >= 15 is 0 Å². The largest absolute Gasteiger partial charge is 0.455 e. The summed E-state index contributed by atoms with van der Waals surface area (Å²) in [6.07, 6.45) is 3.62. The Kier molecular flexibility index (Phi) is 7.51. The number of benzene rings is 3. The van der Waals surface area contributed by atoms with Gasteiger partial charge in [-0.05, 0) is 64.4 Å². The van der Waals surface area contributed by atoms with Crippen molar-refractivity contribution in [2.75, 3.05) is 24.7 Å². The number of halogens is 2. The van der Waals surface area contributed by atoms with E-state index in [1.807, 2.05) is 0 Å². The Labute approximate surface area is 256 Å². The minimum Gasteiger partial charge on any atom is -0.455 e. The van der Waals surface area contributed by atoms with Crippen LogP contribution in [0.2, 0.25) is 0 Å². The van der Waals surface area contributed by atoms with Crippen molar-refractivity contribution in [2.24, 2.45) is 0 Å². The van der Waals surface area contributed by atoms with Gasteiger partial charge in [0, 0.05) is 29.6 Å². The number of pyridine rings is 1. The Bertz CT molecular complexity index is 2210. The van der Waals surface area contributed by atoms with Gasteiger partial charge >= 0.3 is 10.4 Å². The van der Waals surface area contributed by atoms with Crippen LogP contribution in [0.3, 0.4) is 0 Å². The second-order valence-electron chi connectivity index (χ2n) is 10.4. The van der Waals surface area contributed by atoms with Gasteiger partial charge < -0.3 is 9.73 Å². The Morgan fingerprint density at radius 1 is 1.00 bits per heavy atom. The molecule has 3 heterocycles. The number of carbonyl (C=O) groups is 1. The molecule has 0 aliphatic heterocycles. The smallest absolute Gasteiger partial charge is 0.309 e. The second-order valence-corrected chi connectivity index (χ2v) is 12.5. The van der Waals surface area contributed by atoms with Gasteiger partial charge in [0.05, 0.1) is 54.0 Å². The maximum atomic E-state index is 13.7. The minimum absolute atomic E-state index is 0.0608. The molecule has 3 aromatic heterocycles. The first kappa shape index (κ1) is 29.8. The number of nitrogens with zero attached hydrogens (tertiary/aromatic N) is 4. The monoisotopic (exact) mass is 630 g/mol. The van der Waals surface area contributed by atoms with Crippen LogP contribution in [0.15, 0.2) is 88.5 Å². The lowest BCUT2D eigenvalue weighted by atomic mass is 9.97. The lowest BCUT2D eigenvalue weighted by Crippen LogP contribution is -2.31. The molecule has 0 fully saturated rings. The average molecular weight is 631 g/mol. The molecule has 228 valence electrons. The van der Waals surface area contributed by atoms with E-state index in [4.69, 9.17) is 4.42 Å². The molecule has 0 saturated heterocycles. The third-order valence-corrected chi connectivity index (χ3v) is 8.68. The highest BCUT2D eigenvalue weighted by molar-refractivity contribution is 7.98. The van der Waals surface area contributed by atoms with Crippen molar-refractivity contribution < 1.29 is 26.8 Å². The van der Waals surface area contributed by atoms with Crippen LogP contribution in [0.25, 0.3) is 44.3 Å². The topological polar surface area (TPSA) is 131 Å². The zero-order valence-corrected chi connectivity index (χ0v) is 25.1. The number of rotatable bonds is 7. The molecule has 0 saturated carbocycles. The maximum absolute atomic E-state index is 13.7. The van der Waals surface area contributed by atoms with E-state index in [0.29, 0.717) is 39.0 Å². The summed E-state index contributed by atoms with van der Waals surface area (Å²) in [5, 5.41) is 3.27. The summed E-state index contributed by atoms with van der Waals surface area (Å²) in [6, 6.07) is 16.4. The quantitative estimate of drug-likeness (QED) is 0.223. The number of fused-ring (bicyclic) bond motifs is 2. The lowest BCUT2D eigenvalue weighted by molar-refractivity contribution is 0.0964. The Morgan fingerprint density at radius 2 is 1.71 bits per heavy atom. The molecule has 0 radical (unpaired) electrons. The Hall–Kier alpha value is -5.27. The van der Waals surface area contributed by atoms with Crippen LogP contribution in [0.5, 0.6) is 0 Å². The zero-order valence-electron chi connectivity index (χ0n) is 24.2. The molecule has 1 atom stereocenters. The number of furan rings is 1. The first-order valence-corrected chi connectivity index (χ1v) is 15.5. The molecular formula is C32H26F2N5O5S+. The molecule has 10 nitrogen and oxygen atoms in total. The summed E-state index contributed by atoms with van der Waals surface area (Å²) in [7, 11) is -0.605. The molecule has 2 N–H and O–H groups in total. The number of aromatic nitrogens is 3. The lowest BCUT2D eigenvalue weighted by Gasteiger charge is -2.19. The fraction of sp³-hybridized carbons (Fsp3) is 0.125. The van der Waals surface area contributed by atoms with Crippen molar-refractivity contribution in [1.82, 2.24) is 19.9 Å². The van der Waals surface area contributed by atoms with Gasteiger partial charge in [0.2, 0.25) is 0 Å². The van der Waals surface area contributed by atoms with E-state index in [-0.39, 0.29) is 34.4 Å². The zero-order chi connectivity index (χ0) is 32.0. The molecule has 0 spiro atoms. The van der Waals surface area contributed by atoms with Crippen LogP contribution < -0.4 is 15.2 Å². The van der Waals surface area contributed by atoms with Gasteiger partial charge in [-0.1, -0.05) is 6.07 Å². The van der Waals surface area contributed by atoms with E-state index in [1.165, 1.54) is 65.7 Å². The predicted molar refractivity (Wildman–Crippen MR) is 168 cm³/mol. The molecule has 1 amide bonds. The van der Waals surface area contributed by atoms with Gasteiger partial charge in [0.25, 0.3) is 11.5 Å². The maximum Gasteiger partial charge on any atom is 0.309 e. The Balaban J connectivity index is 1.58. The van der Waals surface area contributed by atoms with Crippen molar-refractivity contribution in [3.05, 3.63) is 112 Å². The molecule has 1 unspecified atom stereocenters. The van der Waals surface area contributed by atoms with Crippen molar-refractivity contribution >= 4 is 43.9 Å². The van der Waals surface area contributed by atoms with Gasteiger partial charge in [0.15, 0.2) is 6.26 Å². The standard InChI is InChI=1S/C32H25F2N5O5S/c1-35-31(40)29-25-13-23(27(38(2)45(3,42)43)14-28(25)44-30(29)18-4-7-20(33)8-5-18)19-6-11-26-24(12-19)32(41)39(17-37-26)16-22-10-9-21(34)15-36-22/h4-15,17H,16H2,1-3H3,(H-,35,40,42,43)/p+1. The van der Waals surface area contributed by atoms with Crippen LogP contribution in [-0.4, -0.2) is 45.3 Å². The first-order chi connectivity index (χ1) is 21.4. The molecule has 45 heavy (non-hydrogen) atoms. The van der Waals surface area contributed by atoms with Crippen molar-refractivity contribution in [2.45, 2.75) is 6.54 Å². The van der Waals surface area contributed by atoms with Crippen molar-refractivity contribution in [3.8, 4) is 22.5 Å². The third kappa shape index (κ3) is 5.58. The number of hydrogen-bond acceptors (Lipinski definition) is 6. The second kappa shape index (κ2) is 11.3. The molecule has 0 bridgehead atoms. The summed E-state index contributed by atoms with van der Waals surface area (Å²) < 4.78 is 59.1. The summed E-state index contributed by atoms with van der Waals surface area (Å²) >= 11 is 0. The van der Waals surface area contributed by atoms with E-state index in [2.05, 4.69) is 15.3 Å². The van der Waals surface area contributed by atoms with Crippen LogP contribution in [-0.2, 0) is 21.2 Å². The van der Waals surface area contributed by atoms with Gasteiger partial charge in [-0.15, -0.1) is 0 Å². The number of hydrogen-bond donors (Lipinski definition) is 2. The number of amides is 1. The summed E-state index contributed by atoms with van der Waals surface area (Å²) in [6.45, 7) is 0.0608.